The Hall–Kier alpha value is -1.98. The van der Waals surface area contributed by atoms with Crippen molar-refractivity contribution in [3.63, 3.8) is 0 Å². The van der Waals surface area contributed by atoms with E-state index in [1.807, 2.05) is 35.0 Å². The zero-order valence-electron chi connectivity index (χ0n) is 16.2. The minimum atomic E-state index is 0.160. The lowest BCUT2D eigenvalue weighted by atomic mass is 10.1. The van der Waals surface area contributed by atoms with Gasteiger partial charge in [-0.25, -0.2) is 0 Å². The summed E-state index contributed by atoms with van der Waals surface area (Å²) in [5.74, 6) is 0.160. The number of nitriles is 1. The Morgan fingerprint density at radius 2 is 1.86 bits per heavy atom. The molecule has 1 aliphatic rings. The third-order valence-electron chi connectivity index (χ3n) is 5.39. The fourth-order valence-electron chi connectivity index (χ4n) is 3.88. The van der Waals surface area contributed by atoms with Gasteiger partial charge in [-0.2, -0.15) is 5.26 Å². The van der Waals surface area contributed by atoms with Gasteiger partial charge in [0.1, 0.15) is 0 Å². The first-order valence-corrected chi connectivity index (χ1v) is 11.4. The van der Waals surface area contributed by atoms with E-state index in [-0.39, 0.29) is 5.78 Å². The second-order valence-corrected chi connectivity index (χ2v) is 9.89. The molecule has 150 valence electrons. The molecule has 1 saturated heterocycles. The smallest absolute Gasteiger partial charge is 0.178 e. The molecule has 1 fully saturated rings. The number of hydrogen-bond donors (Lipinski definition) is 0. The molecule has 1 aromatic carbocycles. The summed E-state index contributed by atoms with van der Waals surface area (Å²) < 4.78 is 3.20. The lowest BCUT2D eigenvalue weighted by molar-refractivity contribution is 0.0846. The zero-order chi connectivity index (χ0) is 20.2. The number of ketones is 1. The second kappa shape index (κ2) is 9.23. The van der Waals surface area contributed by atoms with Gasteiger partial charge in [-0.15, -0.1) is 11.3 Å². The number of nitrogens with zero attached hydrogens (tertiary/aromatic N) is 4. The van der Waals surface area contributed by atoms with E-state index in [0.29, 0.717) is 19.5 Å². The number of carbonyl (C=O) groups is 1. The maximum Gasteiger partial charge on any atom is 0.178 e. The van der Waals surface area contributed by atoms with Crippen LogP contribution in [0.4, 0.5) is 0 Å². The molecule has 0 amide bonds. The Bertz CT molecular complexity index is 1040. The van der Waals surface area contributed by atoms with Crippen molar-refractivity contribution in [2.75, 3.05) is 32.7 Å². The highest BCUT2D eigenvalue weighted by atomic mass is 79.9. The number of para-hydroxylation sites is 1. The van der Waals surface area contributed by atoms with Crippen LogP contribution in [0, 0.1) is 11.3 Å². The van der Waals surface area contributed by atoms with Crippen molar-refractivity contribution in [2.45, 2.75) is 19.5 Å². The van der Waals surface area contributed by atoms with Gasteiger partial charge in [-0.05, 0) is 34.1 Å². The number of rotatable bonds is 7. The SMILES string of the molecule is N#CCCn1cc(C(=O)CN2CCN(Cc3ccc(Br)s3)CC2)c2ccccc21. The van der Waals surface area contributed by atoms with Gasteiger partial charge in [0.25, 0.3) is 0 Å². The number of hydrogen-bond acceptors (Lipinski definition) is 5. The molecular weight excluding hydrogens is 448 g/mol. The van der Waals surface area contributed by atoms with E-state index in [9.17, 15) is 4.79 Å². The molecule has 3 aromatic rings. The van der Waals surface area contributed by atoms with Crippen molar-refractivity contribution >= 4 is 44.0 Å². The van der Waals surface area contributed by atoms with Gasteiger partial charge in [-0.3, -0.25) is 14.6 Å². The van der Waals surface area contributed by atoms with Gasteiger partial charge >= 0.3 is 0 Å². The van der Waals surface area contributed by atoms with Gasteiger partial charge in [0.15, 0.2) is 5.78 Å². The highest BCUT2D eigenvalue weighted by Gasteiger charge is 2.22. The standard InChI is InChI=1S/C22H23BrN4OS/c23-22-7-6-17(29-22)14-25-10-12-26(13-11-25)16-21(28)19-15-27(9-3-8-24)20-5-2-1-4-18(19)20/h1-2,4-7,15H,3,9-14,16H2. The van der Waals surface area contributed by atoms with Crippen LogP contribution in [0.5, 0.6) is 0 Å². The second-order valence-electron chi connectivity index (χ2n) is 7.34. The van der Waals surface area contributed by atoms with E-state index < -0.39 is 0 Å². The Morgan fingerprint density at radius 1 is 1.10 bits per heavy atom. The van der Waals surface area contributed by atoms with Crippen LogP contribution < -0.4 is 0 Å². The van der Waals surface area contributed by atoms with Crippen LogP contribution in [0.2, 0.25) is 0 Å². The molecule has 0 aliphatic carbocycles. The van der Waals surface area contributed by atoms with Crippen LogP contribution in [0.25, 0.3) is 10.9 Å². The number of fused-ring (bicyclic) bond motifs is 1. The molecule has 2 aromatic heterocycles. The number of aromatic nitrogens is 1. The summed E-state index contributed by atoms with van der Waals surface area (Å²) in [5, 5.41) is 9.89. The maximum atomic E-state index is 13.1. The minimum Gasteiger partial charge on any atom is -0.346 e. The van der Waals surface area contributed by atoms with Gasteiger partial charge in [0, 0.05) is 66.8 Å². The largest absolute Gasteiger partial charge is 0.346 e. The number of thiophene rings is 1. The topological polar surface area (TPSA) is 52.3 Å². The number of piperazine rings is 1. The van der Waals surface area contributed by atoms with Crippen LogP contribution >= 0.6 is 27.3 Å². The monoisotopic (exact) mass is 470 g/mol. The van der Waals surface area contributed by atoms with E-state index in [2.05, 4.69) is 43.9 Å². The lowest BCUT2D eigenvalue weighted by Gasteiger charge is -2.34. The number of halogens is 1. The zero-order valence-corrected chi connectivity index (χ0v) is 18.6. The van der Waals surface area contributed by atoms with E-state index in [1.54, 1.807) is 11.3 Å². The molecule has 7 heteroatoms. The summed E-state index contributed by atoms with van der Waals surface area (Å²) in [7, 11) is 0. The molecule has 1 aliphatic heterocycles. The number of aryl methyl sites for hydroxylation is 1. The fraction of sp³-hybridized carbons (Fsp3) is 0.364. The Labute approximate surface area is 183 Å². The lowest BCUT2D eigenvalue weighted by Crippen LogP contribution is -2.47. The molecule has 0 bridgehead atoms. The van der Waals surface area contributed by atoms with Gasteiger partial charge < -0.3 is 4.57 Å². The average molecular weight is 471 g/mol. The minimum absolute atomic E-state index is 0.160. The van der Waals surface area contributed by atoms with Crippen molar-refractivity contribution in [1.82, 2.24) is 14.4 Å². The van der Waals surface area contributed by atoms with Crippen molar-refractivity contribution in [3.8, 4) is 6.07 Å². The summed E-state index contributed by atoms with van der Waals surface area (Å²) in [6, 6.07) is 14.4. The van der Waals surface area contributed by atoms with Crippen LogP contribution in [0.1, 0.15) is 21.7 Å². The quantitative estimate of drug-likeness (QED) is 0.480. The van der Waals surface area contributed by atoms with Crippen molar-refractivity contribution in [1.29, 1.82) is 5.26 Å². The third kappa shape index (κ3) is 4.78. The predicted octanol–water partition coefficient (Wildman–Crippen LogP) is 4.38. The fourth-order valence-corrected chi connectivity index (χ4v) is 5.40. The molecule has 29 heavy (non-hydrogen) atoms. The van der Waals surface area contributed by atoms with Gasteiger partial charge in [0.2, 0.25) is 0 Å². The van der Waals surface area contributed by atoms with E-state index >= 15 is 0 Å². The Morgan fingerprint density at radius 3 is 2.59 bits per heavy atom. The van der Waals surface area contributed by atoms with E-state index in [4.69, 9.17) is 5.26 Å². The molecular formula is C22H23BrN4OS. The highest BCUT2D eigenvalue weighted by molar-refractivity contribution is 9.11. The van der Waals surface area contributed by atoms with Crippen LogP contribution in [0.15, 0.2) is 46.4 Å². The number of Topliss-reactive ketones (excluding diaryl/α,β-unsaturated/α-hetero) is 1. The molecule has 0 atom stereocenters. The molecule has 4 rings (SSSR count). The normalized spacial score (nSPS) is 15.6. The summed E-state index contributed by atoms with van der Waals surface area (Å²) in [6.45, 7) is 5.81. The van der Waals surface area contributed by atoms with Crippen LogP contribution in [0.3, 0.4) is 0 Å². The van der Waals surface area contributed by atoms with Crippen molar-refractivity contribution in [3.05, 3.63) is 56.8 Å². The molecule has 0 saturated carbocycles. The van der Waals surface area contributed by atoms with Gasteiger partial charge in [0.05, 0.1) is 22.8 Å². The van der Waals surface area contributed by atoms with E-state index in [0.717, 1.165) is 49.2 Å². The van der Waals surface area contributed by atoms with Crippen LogP contribution in [-0.4, -0.2) is 52.9 Å². The molecule has 3 heterocycles. The van der Waals surface area contributed by atoms with Crippen molar-refractivity contribution in [2.24, 2.45) is 0 Å². The predicted molar refractivity (Wildman–Crippen MR) is 120 cm³/mol. The Kier molecular flexibility index (Phi) is 6.46. The highest BCUT2D eigenvalue weighted by Crippen LogP contribution is 2.24. The average Bonchev–Trinajstić information content (AvgIpc) is 3.31. The molecule has 0 unspecified atom stereocenters. The third-order valence-corrected chi connectivity index (χ3v) is 7.00. The summed E-state index contributed by atoms with van der Waals surface area (Å²) >= 11 is 5.31. The molecule has 5 nitrogen and oxygen atoms in total. The maximum absolute atomic E-state index is 13.1. The molecule has 0 radical (unpaired) electrons. The molecule has 0 spiro atoms. The molecule has 0 N–H and O–H groups in total. The number of carbonyl (C=O) groups excluding carboxylic acids is 1. The summed E-state index contributed by atoms with van der Waals surface area (Å²) in [4.78, 5) is 19.1. The summed E-state index contributed by atoms with van der Waals surface area (Å²) in [5.41, 5.74) is 1.79. The Balaban J connectivity index is 1.38. The van der Waals surface area contributed by atoms with Crippen LogP contribution in [-0.2, 0) is 13.1 Å². The first-order valence-electron chi connectivity index (χ1n) is 9.81. The summed E-state index contributed by atoms with van der Waals surface area (Å²) in [6.07, 6.45) is 2.37. The van der Waals surface area contributed by atoms with Crippen molar-refractivity contribution < 1.29 is 4.79 Å². The number of benzene rings is 1. The van der Waals surface area contributed by atoms with Gasteiger partial charge in [-0.1, -0.05) is 18.2 Å². The first kappa shape index (κ1) is 20.3. The van der Waals surface area contributed by atoms with E-state index in [1.165, 1.54) is 8.66 Å². The first-order chi connectivity index (χ1) is 14.1.